The molecule has 0 radical (unpaired) electrons. The molecule has 1 heterocycles. The SMILES string of the molecule is CCOc1ccc(NS(=O)(=O)c2ccc(NC(=S)Nc3ccc(S(=O)(=O)N4CCOCC4)cc3)cc2)cc1. The molecule has 0 unspecified atom stereocenters. The van der Waals surface area contributed by atoms with Crippen molar-refractivity contribution in [2.24, 2.45) is 0 Å². The number of sulfonamides is 2. The van der Waals surface area contributed by atoms with Gasteiger partial charge < -0.3 is 20.1 Å². The van der Waals surface area contributed by atoms with Crippen molar-refractivity contribution in [2.45, 2.75) is 16.7 Å². The number of nitrogens with one attached hydrogen (secondary N) is 3. The highest BCUT2D eigenvalue weighted by Crippen LogP contribution is 2.22. The van der Waals surface area contributed by atoms with Gasteiger partial charge in [0.25, 0.3) is 10.0 Å². The molecule has 202 valence electrons. The third-order valence-corrected chi connectivity index (χ3v) is 9.07. The zero-order chi connectivity index (χ0) is 27.2. The highest BCUT2D eigenvalue weighted by Gasteiger charge is 2.26. The van der Waals surface area contributed by atoms with Crippen molar-refractivity contribution in [3.8, 4) is 5.75 Å². The first kappa shape index (κ1) is 27.8. The Labute approximate surface area is 228 Å². The van der Waals surface area contributed by atoms with Crippen LogP contribution in [0.15, 0.2) is 82.6 Å². The van der Waals surface area contributed by atoms with Gasteiger partial charge in [-0.25, -0.2) is 16.8 Å². The first-order chi connectivity index (χ1) is 18.2. The molecule has 3 aromatic carbocycles. The number of thiocarbonyl (C=S) groups is 1. The van der Waals surface area contributed by atoms with Gasteiger partial charge in [0.2, 0.25) is 10.0 Å². The predicted molar refractivity (Wildman–Crippen MR) is 151 cm³/mol. The fraction of sp³-hybridized carbons (Fsp3) is 0.240. The summed E-state index contributed by atoms with van der Waals surface area (Å²) in [6.07, 6.45) is 0. The van der Waals surface area contributed by atoms with E-state index < -0.39 is 20.0 Å². The Balaban J connectivity index is 1.33. The van der Waals surface area contributed by atoms with Crippen molar-refractivity contribution in [2.75, 3.05) is 48.3 Å². The molecule has 0 amide bonds. The third kappa shape index (κ3) is 6.99. The summed E-state index contributed by atoms with van der Waals surface area (Å²) in [6.45, 7) is 3.81. The van der Waals surface area contributed by atoms with E-state index in [2.05, 4.69) is 15.4 Å². The lowest BCUT2D eigenvalue weighted by atomic mass is 10.3. The van der Waals surface area contributed by atoms with E-state index in [1.165, 1.54) is 28.6 Å². The number of ether oxygens (including phenoxy) is 2. The third-order valence-electron chi connectivity index (χ3n) is 5.56. The number of morpholine rings is 1. The summed E-state index contributed by atoms with van der Waals surface area (Å²) in [7, 11) is -7.36. The van der Waals surface area contributed by atoms with E-state index in [0.29, 0.717) is 55.7 Å². The van der Waals surface area contributed by atoms with E-state index in [1.54, 1.807) is 48.5 Å². The minimum Gasteiger partial charge on any atom is -0.494 e. The predicted octanol–water partition coefficient (Wildman–Crippen LogP) is 3.72. The number of anilines is 3. The summed E-state index contributed by atoms with van der Waals surface area (Å²) in [6, 6.07) is 19.1. The molecule has 0 saturated carbocycles. The van der Waals surface area contributed by atoms with Gasteiger partial charge in [-0.15, -0.1) is 0 Å². The van der Waals surface area contributed by atoms with Crippen LogP contribution in [-0.4, -0.2) is 59.2 Å². The van der Waals surface area contributed by atoms with E-state index in [0.717, 1.165) is 0 Å². The quantitative estimate of drug-likeness (QED) is 0.327. The maximum atomic E-state index is 12.8. The molecule has 3 aromatic rings. The van der Waals surface area contributed by atoms with Gasteiger partial charge in [0.15, 0.2) is 5.11 Å². The molecule has 38 heavy (non-hydrogen) atoms. The van der Waals surface area contributed by atoms with E-state index in [1.807, 2.05) is 6.92 Å². The van der Waals surface area contributed by atoms with Crippen LogP contribution in [0.5, 0.6) is 5.75 Å². The van der Waals surface area contributed by atoms with E-state index in [9.17, 15) is 16.8 Å². The van der Waals surface area contributed by atoms with Crippen LogP contribution in [0, 0.1) is 0 Å². The second-order valence-electron chi connectivity index (χ2n) is 8.21. The minimum absolute atomic E-state index is 0.0906. The number of nitrogens with zero attached hydrogens (tertiary/aromatic N) is 1. The fourth-order valence-corrected chi connectivity index (χ4v) is 6.36. The molecule has 3 N–H and O–H groups in total. The maximum Gasteiger partial charge on any atom is 0.261 e. The smallest absolute Gasteiger partial charge is 0.261 e. The number of benzene rings is 3. The minimum atomic E-state index is -3.78. The van der Waals surface area contributed by atoms with Crippen LogP contribution in [-0.2, 0) is 24.8 Å². The van der Waals surface area contributed by atoms with Crippen molar-refractivity contribution in [1.82, 2.24) is 4.31 Å². The lowest BCUT2D eigenvalue weighted by molar-refractivity contribution is 0.0730. The average Bonchev–Trinajstić information content (AvgIpc) is 2.91. The van der Waals surface area contributed by atoms with Gasteiger partial charge in [-0.05, 0) is 91.9 Å². The summed E-state index contributed by atoms with van der Waals surface area (Å²) in [4.78, 5) is 0.285. The average molecular weight is 577 g/mol. The summed E-state index contributed by atoms with van der Waals surface area (Å²) >= 11 is 5.35. The van der Waals surface area contributed by atoms with Gasteiger partial charge in [0.1, 0.15) is 5.75 Å². The van der Waals surface area contributed by atoms with Gasteiger partial charge in [-0.3, -0.25) is 4.72 Å². The normalized spacial score (nSPS) is 14.4. The van der Waals surface area contributed by atoms with Gasteiger partial charge in [-0.1, -0.05) is 0 Å². The summed E-state index contributed by atoms with van der Waals surface area (Å²) in [5.74, 6) is 0.657. The molecule has 1 saturated heterocycles. The molecule has 13 heteroatoms. The molecule has 0 aromatic heterocycles. The van der Waals surface area contributed by atoms with Crippen LogP contribution >= 0.6 is 12.2 Å². The van der Waals surface area contributed by atoms with E-state index in [4.69, 9.17) is 21.7 Å². The molecule has 0 bridgehead atoms. The molecule has 4 rings (SSSR count). The number of hydrogen-bond donors (Lipinski definition) is 3. The maximum absolute atomic E-state index is 12.8. The molecule has 1 fully saturated rings. The van der Waals surface area contributed by atoms with Crippen LogP contribution in [0.2, 0.25) is 0 Å². The number of rotatable bonds is 9. The molecule has 1 aliphatic heterocycles. The first-order valence-corrected chi connectivity index (χ1v) is 15.1. The van der Waals surface area contributed by atoms with Crippen molar-refractivity contribution >= 4 is 54.4 Å². The second-order valence-corrected chi connectivity index (χ2v) is 12.2. The Morgan fingerprint density at radius 1 is 0.816 bits per heavy atom. The van der Waals surface area contributed by atoms with Crippen molar-refractivity contribution in [3.05, 3.63) is 72.8 Å². The highest BCUT2D eigenvalue weighted by atomic mass is 32.2. The summed E-state index contributed by atoms with van der Waals surface area (Å²) < 4.78 is 65.5. The largest absolute Gasteiger partial charge is 0.494 e. The molecule has 10 nitrogen and oxygen atoms in total. The number of hydrogen-bond acceptors (Lipinski definition) is 7. The monoisotopic (exact) mass is 576 g/mol. The first-order valence-electron chi connectivity index (χ1n) is 11.8. The lowest BCUT2D eigenvalue weighted by Gasteiger charge is -2.26. The van der Waals surface area contributed by atoms with Crippen molar-refractivity contribution < 1.29 is 26.3 Å². The molecule has 0 aliphatic carbocycles. The topological polar surface area (TPSA) is 126 Å². The van der Waals surface area contributed by atoms with Crippen molar-refractivity contribution in [3.63, 3.8) is 0 Å². The van der Waals surface area contributed by atoms with Gasteiger partial charge in [0, 0.05) is 30.2 Å². The van der Waals surface area contributed by atoms with Crippen LogP contribution in [0.25, 0.3) is 0 Å². The Morgan fingerprint density at radius 2 is 1.32 bits per heavy atom. The lowest BCUT2D eigenvalue weighted by Crippen LogP contribution is -2.40. The Morgan fingerprint density at radius 3 is 1.84 bits per heavy atom. The second kappa shape index (κ2) is 12.1. The Hall–Kier alpha value is -3.23. The van der Waals surface area contributed by atoms with Crippen LogP contribution in [0.3, 0.4) is 0 Å². The zero-order valence-electron chi connectivity index (χ0n) is 20.6. The van der Waals surface area contributed by atoms with E-state index in [-0.39, 0.29) is 14.9 Å². The van der Waals surface area contributed by atoms with Crippen LogP contribution in [0.4, 0.5) is 17.1 Å². The molecule has 0 atom stereocenters. The Kier molecular flexibility index (Phi) is 8.84. The standard InChI is InChI=1S/C25H28N4O6S3/c1-2-35-22-9-3-21(4-10-22)28-37(30,31)23-11-5-19(6-12-23)26-25(36)27-20-7-13-24(14-8-20)38(32,33)29-15-17-34-18-16-29/h3-14,28H,2,15-18H2,1H3,(H2,26,27,36). The van der Waals surface area contributed by atoms with E-state index >= 15 is 0 Å². The fourth-order valence-electron chi connectivity index (χ4n) is 3.66. The van der Waals surface area contributed by atoms with Crippen molar-refractivity contribution in [1.29, 1.82) is 0 Å². The molecular formula is C25H28N4O6S3. The van der Waals surface area contributed by atoms with Gasteiger partial charge >= 0.3 is 0 Å². The molecule has 0 spiro atoms. The zero-order valence-corrected chi connectivity index (χ0v) is 23.0. The van der Waals surface area contributed by atoms with Crippen LogP contribution < -0.4 is 20.1 Å². The Bertz CT molecular complexity index is 1450. The highest BCUT2D eigenvalue weighted by molar-refractivity contribution is 7.92. The summed E-state index contributed by atoms with van der Waals surface area (Å²) in [5, 5.41) is 6.24. The van der Waals surface area contributed by atoms with Gasteiger partial charge in [0.05, 0.1) is 29.6 Å². The molecular weight excluding hydrogens is 548 g/mol. The summed E-state index contributed by atoms with van der Waals surface area (Å²) in [5.41, 5.74) is 1.60. The van der Waals surface area contributed by atoms with Crippen LogP contribution in [0.1, 0.15) is 6.92 Å². The van der Waals surface area contributed by atoms with Gasteiger partial charge in [-0.2, -0.15) is 4.31 Å². The molecule has 1 aliphatic rings.